The smallest absolute Gasteiger partial charge is 0.360 e. The second-order valence-corrected chi connectivity index (χ2v) is 6.11. The first-order valence-corrected chi connectivity index (χ1v) is 8.61. The van der Waals surface area contributed by atoms with Crippen molar-refractivity contribution < 1.29 is 18.4 Å². The Morgan fingerprint density at radius 3 is 2.65 bits per heavy atom. The Morgan fingerprint density at radius 2 is 1.92 bits per heavy atom. The summed E-state index contributed by atoms with van der Waals surface area (Å²) in [5.74, 6) is 0.782. The van der Waals surface area contributed by atoms with E-state index in [1.54, 1.807) is 0 Å². The van der Waals surface area contributed by atoms with Crippen molar-refractivity contribution in [3.05, 3.63) is 42.4 Å². The molecule has 26 heavy (non-hydrogen) atoms. The van der Waals surface area contributed by atoms with E-state index in [-0.39, 0.29) is 11.5 Å². The van der Waals surface area contributed by atoms with E-state index in [0.717, 1.165) is 31.5 Å². The monoisotopic (exact) mass is 353 g/mol. The number of rotatable bonds is 4. The van der Waals surface area contributed by atoms with Gasteiger partial charge in [0.15, 0.2) is 23.5 Å². The predicted molar refractivity (Wildman–Crippen MR) is 94.8 cm³/mol. The van der Waals surface area contributed by atoms with Gasteiger partial charge in [-0.15, -0.1) is 0 Å². The Hall–Kier alpha value is -3.09. The normalized spacial score (nSPS) is 14.4. The summed E-state index contributed by atoms with van der Waals surface area (Å²) in [4.78, 5) is 22.8. The van der Waals surface area contributed by atoms with E-state index in [0.29, 0.717) is 17.5 Å². The van der Waals surface area contributed by atoms with Crippen LogP contribution in [0.1, 0.15) is 29.8 Å². The molecule has 1 fully saturated rings. The highest BCUT2D eigenvalue weighted by atomic mass is 16.5. The topological polar surface area (TPSA) is 81.6 Å². The number of carbonyl (C=O) groups excluding carboxylic acids is 1. The highest BCUT2D eigenvalue weighted by Crippen LogP contribution is 2.37. The molecule has 0 N–H and O–H groups in total. The Kier molecular flexibility index (Phi) is 4.43. The molecule has 134 valence electrons. The molecule has 1 aliphatic rings. The minimum Gasteiger partial charge on any atom is -0.464 e. The average molecular weight is 353 g/mol. The van der Waals surface area contributed by atoms with Crippen molar-refractivity contribution in [3.8, 4) is 22.9 Å². The van der Waals surface area contributed by atoms with Crippen molar-refractivity contribution in [2.24, 2.45) is 0 Å². The highest BCUT2D eigenvalue weighted by Gasteiger charge is 2.29. The third kappa shape index (κ3) is 2.96. The summed E-state index contributed by atoms with van der Waals surface area (Å²) < 4.78 is 16.4. The number of benzene rings is 1. The van der Waals surface area contributed by atoms with Crippen molar-refractivity contribution in [1.82, 2.24) is 9.97 Å². The van der Waals surface area contributed by atoms with Crippen molar-refractivity contribution in [2.45, 2.75) is 19.3 Å². The maximum Gasteiger partial charge on any atom is 0.360 e. The van der Waals surface area contributed by atoms with Crippen LogP contribution in [0.15, 0.2) is 45.6 Å². The number of piperidine rings is 1. The Morgan fingerprint density at radius 1 is 1.15 bits per heavy atom. The molecule has 1 aliphatic heterocycles. The van der Waals surface area contributed by atoms with E-state index >= 15 is 0 Å². The van der Waals surface area contributed by atoms with Gasteiger partial charge in [0.2, 0.25) is 11.8 Å². The second-order valence-electron chi connectivity index (χ2n) is 6.11. The molecule has 7 nitrogen and oxygen atoms in total. The molecule has 0 aliphatic carbocycles. The van der Waals surface area contributed by atoms with Gasteiger partial charge < -0.3 is 18.5 Å². The number of hydrogen-bond donors (Lipinski definition) is 0. The first-order valence-electron chi connectivity index (χ1n) is 8.61. The molecular formula is C19H19N3O4. The van der Waals surface area contributed by atoms with E-state index in [2.05, 4.69) is 14.9 Å². The summed E-state index contributed by atoms with van der Waals surface area (Å²) in [5, 5.41) is 0. The summed E-state index contributed by atoms with van der Waals surface area (Å²) >= 11 is 0. The van der Waals surface area contributed by atoms with E-state index in [4.69, 9.17) is 13.6 Å². The molecule has 0 saturated carbocycles. The molecule has 1 saturated heterocycles. The summed E-state index contributed by atoms with van der Waals surface area (Å²) in [6.45, 7) is 1.75. The molecule has 0 unspecified atom stereocenters. The summed E-state index contributed by atoms with van der Waals surface area (Å²) in [5.41, 5.74) is 1.43. The second kappa shape index (κ2) is 7.03. The number of esters is 1. The molecule has 0 radical (unpaired) electrons. The van der Waals surface area contributed by atoms with Crippen molar-refractivity contribution in [1.29, 1.82) is 0 Å². The molecule has 3 aromatic rings. The van der Waals surface area contributed by atoms with Crippen LogP contribution >= 0.6 is 0 Å². The van der Waals surface area contributed by atoms with Gasteiger partial charge >= 0.3 is 5.97 Å². The van der Waals surface area contributed by atoms with Crippen molar-refractivity contribution >= 4 is 11.9 Å². The maximum atomic E-state index is 12.0. The molecule has 1 aromatic carbocycles. The van der Waals surface area contributed by atoms with Gasteiger partial charge in [-0.3, -0.25) is 0 Å². The lowest BCUT2D eigenvalue weighted by Crippen LogP contribution is -2.29. The fourth-order valence-corrected chi connectivity index (χ4v) is 3.13. The van der Waals surface area contributed by atoms with Crippen molar-refractivity contribution in [3.63, 3.8) is 0 Å². The Labute approximate surface area is 150 Å². The summed E-state index contributed by atoms with van der Waals surface area (Å²) in [6, 6.07) is 9.64. The van der Waals surface area contributed by atoms with Gasteiger partial charge in [-0.2, -0.15) is 0 Å². The number of carbonyl (C=O) groups is 1. The van der Waals surface area contributed by atoms with Gasteiger partial charge in [-0.25, -0.2) is 14.8 Å². The molecule has 0 bridgehead atoms. The first kappa shape index (κ1) is 16.4. The van der Waals surface area contributed by atoms with Gasteiger partial charge in [-0.1, -0.05) is 18.2 Å². The number of ether oxygens (including phenoxy) is 1. The van der Waals surface area contributed by atoms with Gasteiger partial charge in [-0.05, 0) is 31.4 Å². The lowest BCUT2D eigenvalue weighted by molar-refractivity contribution is 0.0595. The number of oxazole rings is 2. The Bertz CT molecular complexity index is 895. The molecule has 0 atom stereocenters. The largest absolute Gasteiger partial charge is 0.464 e. The van der Waals surface area contributed by atoms with Gasteiger partial charge in [0.05, 0.1) is 7.11 Å². The third-order valence-electron chi connectivity index (χ3n) is 4.43. The minimum absolute atomic E-state index is 0.0960. The number of nitrogens with zero attached hydrogens (tertiary/aromatic N) is 3. The Balaban J connectivity index is 1.83. The molecule has 3 heterocycles. The lowest BCUT2D eigenvalue weighted by atomic mass is 10.1. The predicted octanol–water partition coefficient (Wildman–Crippen LogP) is 3.77. The average Bonchev–Trinajstić information content (AvgIpc) is 3.35. The van der Waals surface area contributed by atoms with E-state index < -0.39 is 5.97 Å². The van der Waals surface area contributed by atoms with Gasteiger partial charge in [0, 0.05) is 18.7 Å². The van der Waals surface area contributed by atoms with E-state index in [1.807, 2.05) is 30.3 Å². The van der Waals surface area contributed by atoms with Crippen molar-refractivity contribution in [2.75, 3.05) is 25.1 Å². The zero-order valence-electron chi connectivity index (χ0n) is 14.5. The standard InChI is InChI=1S/C19H19N3O4/c1-24-19(23)15-16(25-12-20-15)14-18(22-10-6-3-7-11-22)26-17(21-14)13-8-4-2-5-9-13/h2,4-5,8-9,12H,3,6-7,10-11H2,1H3. The molecule has 0 spiro atoms. The van der Waals surface area contributed by atoms with Crippen LogP contribution in [0, 0.1) is 0 Å². The fourth-order valence-electron chi connectivity index (χ4n) is 3.13. The van der Waals surface area contributed by atoms with Crippen LogP contribution in [0.3, 0.4) is 0 Å². The zero-order chi connectivity index (χ0) is 17.9. The van der Waals surface area contributed by atoms with Crippen LogP contribution < -0.4 is 4.90 Å². The van der Waals surface area contributed by atoms with Gasteiger partial charge in [0.1, 0.15) is 0 Å². The van der Waals surface area contributed by atoms with Crippen LogP contribution in [-0.4, -0.2) is 36.1 Å². The molecule has 7 heteroatoms. The molecule has 0 amide bonds. The summed E-state index contributed by atoms with van der Waals surface area (Å²) in [7, 11) is 1.31. The van der Waals surface area contributed by atoms with E-state index in [1.165, 1.54) is 19.9 Å². The van der Waals surface area contributed by atoms with Crippen LogP contribution in [0.2, 0.25) is 0 Å². The SMILES string of the molecule is COC(=O)c1ncoc1-c1nc(-c2ccccc2)oc1N1CCCCC1. The number of hydrogen-bond acceptors (Lipinski definition) is 7. The van der Waals surface area contributed by atoms with Gasteiger partial charge in [0.25, 0.3) is 0 Å². The quantitative estimate of drug-likeness (QED) is 0.660. The number of methoxy groups -OCH3 is 1. The van der Waals surface area contributed by atoms with Crippen LogP contribution in [0.4, 0.5) is 5.88 Å². The van der Waals surface area contributed by atoms with Crippen LogP contribution in [0.25, 0.3) is 22.9 Å². The molecule has 4 rings (SSSR count). The highest BCUT2D eigenvalue weighted by molar-refractivity contribution is 5.94. The number of aromatic nitrogens is 2. The zero-order valence-corrected chi connectivity index (χ0v) is 14.5. The third-order valence-corrected chi connectivity index (χ3v) is 4.43. The van der Waals surface area contributed by atoms with Crippen LogP contribution in [0.5, 0.6) is 0 Å². The summed E-state index contributed by atoms with van der Waals surface area (Å²) in [6.07, 6.45) is 4.59. The molecular weight excluding hydrogens is 334 g/mol. The fraction of sp³-hybridized carbons (Fsp3) is 0.316. The maximum absolute atomic E-state index is 12.0. The number of anilines is 1. The van der Waals surface area contributed by atoms with Crippen LogP contribution in [-0.2, 0) is 4.74 Å². The lowest BCUT2D eigenvalue weighted by Gasteiger charge is -2.26. The van der Waals surface area contributed by atoms with E-state index in [9.17, 15) is 4.79 Å². The molecule has 2 aromatic heterocycles. The minimum atomic E-state index is -0.567. The first-order chi connectivity index (χ1) is 12.8.